The highest BCUT2D eigenvalue weighted by atomic mass is 32.2. The monoisotopic (exact) mass is 318 g/mol. The number of carbonyl (C=O) groups excluding carboxylic acids is 1. The van der Waals surface area contributed by atoms with Crippen molar-refractivity contribution in [2.45, 2.75) is 44.6 Å². The summed E-state index contributed by atoms with van der Waals surface area (Å²) in [6.07, 6.45) is 1.15. The zero-order valence-electron chi connectivity index (χ0n) is 12.5. The first-order valence-corrected chi connectivity index (χ1v) is 8.34. The fourth-order valence-electron chi connectivity index (χ4n) is 1.88. The second-order valence-corrected chi connectivity index (χ2v) is 6.21. The zero-order valence-corrected chi connectivity index (χ0v) is 13.3. The third-order valence-corrected chi connectivity index (χ3v) is 3.75. The molecule has 4 N–H and O–H groups in total. The lowest BCUT2D eigenvalue weighted by atomic mass is 10.2. The minimum absolute atomic E-state index is 0.204. The Hall–Kier alpha value is -1.45. The Bertz CT molecular complexity index is 582. The summed E-state index contributed by atoms with van der Waals surface area (Å²) in [4.78, 5) is 11.9. The van der Waals surface area contributed by atoms with Crippen LogP contribution in [0.5, 0.6) is 0 Å². The Morgan fingerprint density at radius 2 is 2.14 bits per heavy atom. The van der Waals surface area contributed by atoms with Crippen molar-refractivity contribution in [3.8, 4) is 0 Å². The third kappa shape index (κ3) is 4.80. The number of ether oxygens (including phenoxy) is 1. The molecule has 1 aromatic heterocycles. The molecular formula is C12H22N4O4S. The van der Waals surface area contributed by atoms with Gasteiger partial charge in [0.2, 0.25) is 10.0 Å². The molecule has 0 aromatic carbocycles. The predicted molar refractivity (Wildman–Crippen MR) is 77.4 cm³/mol. The molecule has 0 saturated carbocycles. The van der Waals surface area contributed by atoms with Crippen LogP contribution >= 0.6 is 0 Å². The summed E-state index contributed by atoms with van der Waals surface area (Å²) in [6, 6.07) is -0.267. The van der Waals surface area contributed by atoms with Crippen LogP contribution in [0.25, 0.3) is 0 Å². The Balaban J connectivity index is 2.99. The van der Waals surface area contributed by atoms with Crippen LogP contribution < -0.4 is 10.5 Å². The molecule has 1 unspecified atom stereocenters. The molecule has 9 heteroatoms. The fourth-order valence-corrected chi connectivity index (χ4v) is 2.78. The van der Waals surface area contributed by atoms with Crippen molar-refractivity contribution in [3.05, 3.63) is 11.4 Å². The summed E-state index contributed by atoms with van der Waals surface area (Å²) in [5, 5.41) is 14.2. The maximum atomic E-state index is 12.1. The van der Waals surface area contributed by atoms with Crippen LogP contribution in [0.1, 0.15) is 43.4 Å². The normalized spacial score (nSPS) is 13.1. The number of nitrogens with one attached hydrogen (secondary N) is 2. The van der Waals surface area contributed by atoms with Crippen LogP contribution in [0.3, 0.4) is 0 Å². The first kappa shape index (κ1) is 17.6. The van der Waals surface area contributed by atoms with Gasteiger partial charge in [0.05, 0.1) is 12.3 Å². The number of aromatic nitrogens is 2. The van der Waals surface area contributed by atoms with Gasteiger partial charge >= 0.3 is 0 Å². The molecule has 0 aliphatic heterocycles. The quantitative estimate of drug-likeness (QED) is 0.629. The average molecular weight is 318 g/mol. The van der Waals surface area contributed by atoms with E-state index in [-0.39, 0.29) is 16.6 Å². The summed E-state index contributed by atoms with van der Waals surface area (Å²) in [7, 11) is -4.03. The van der Waals surface area contributed by atoms with Crippen LogP contribution in [0.2, 0.25) is 0 Å². The standard InChI is InChI=1S/C12H22N4O4S/c1-4-6-9-11(21(13,18)19)10(16-15-9)12(17)14-8(3)7-20-5-2/h8H,4-7H2,1-3H3,(H,14,17)(H,15,16)(H2,13,18,19). The molecule has 0 fully saturated rings. The van der Waals surface area contributed by atoms with Crippen molar-refractivity contribution in [2.75, 3.05) is 13.2 Å². The molecule has 1 aromatic rings. The van der Waals surface area contributed by atoms with E-state index in [4.69, 9.17) is 9.88 Å². The molecule has 1 atom stereocenters. The highest BCUT2D eigenvalue weighted by Gasteiger charge is 2.27. The predicted octanol–water partition coefficient (Wildman–Crippen LogP) is 0.164. The lowest BCUT2D eigenvalue weighted by Crippen LogP contribution is -2.37. The minimum Gasteiger partial charge on any atom is -0.380 e. The molecule has 1 amide bonds. The van der Waals surface area contributed by atoms with E-state index in [2.05, 4.69) is 15.5 Å². The second-order valence-electron chi connectivity index (χ2n) is 4.71. The van der Waals surface area contributed by atoms with Gasteiger partial charge in [0.1, 0.15) is 4.90 Å². The average Bonchev–Trinajstić information content (AvgIpc) is 2.80. The van der Waals surface area contributed by atoms with E-state index in [0.717, 1.165) is 0 Å². The van der Waals surface area contributed by atoms with Gasteiger partial charge in [0.25, 0.3) is 5.91 Å². The van der Waals surface area contributed by atoms with Crippen molar-refractivity contribution in [1.29, 1.82) is 0 Å². The maximum absolute atomic E-state index is 12.1. The molecule has 0 aliphatic carbocycles. The highest BCUT2D eigenvalue weighted by Crippen LogP contribution is 2.18. The third-order valence-electron chi connectivity index (χ3n) is 2.74. The second kappa shape index (κ2) is 7.53. The van der Waals surface area contributed by atoms with Gasteiger partial charge in [-0.2, -0.15) is 5.10 Å². The Morgan fingerprint density at radius 3 is 2.67 bits per heavy atom. The molecule has 21 heavy (non-hydrogen) atoms. The van der Waals surface area contributed by atoms with Gasteiger partial charge in [-0.1, -0.05) is 13.3 Å². The Morgan fingerprint density at radius 1 is 1.48 bits per heavy atom. The van der Waals surface area contributed by atoms with E-state index < -0.39 is 15.9 Å². The summed E-state index contributed by atoms with van der Waals surface area (Å²) in [6.45, 7) is 6.35. The van der Waals surface area contributed by atoms with Gasteiger partial charge in [-0.15, -0.1) is 0 Å². The molecule has 0 spiro atoms. The van der Waals surface area contributed by atoms with Crippen LogP contribution in [-0.4, -0.2) is 43.8 Å². The smallest absolute Gasteiger partial charge is 0.273 e. The summed E-state index contributed by atoms with van der Waals surface area (Å²) in [5.41, 5.74) is 0.145. The molecule has 120 valence electrons. The van der Waals surface area contributed by atoms with Gasteiger partial charge < -0.3 is 10.1 Å². The molecule has 1 heterocycles. The number of H-pyrrole nitrogens is 1. The number of primary sulfonamides is 1. The number of carbonyl (C=O) groups is 1. The van der Waals surface area contributed by atoms with Crippen LogP contribution in [-0.2, 0) is 21.2 Å². The molecule has 8 nitrogen and oxygen atoms in total. The van der Waals surface area contributed by atoms with Gasteiger partial charge in [0.15, 0.2) is 5.69 Å². The maximum Gasteiger partial charge on any atom is 0.273 e. The first-order chi connectivity index (χ1) is 9.81. The van der Waals surface area contributed by atoms with Crippen molar-refractivity contribution >= 4 is 15.9 Å². The Labute approximate surface area is 124 Å². The van der Waals surface area contributed by atoms with Gasteiger partial charge in [0, 0.05) is 12.6 Å². The number of rotatable bonds is 8. The number of amides is 1. The van der Waals surface area contributed by atoms with Gasteiger partial charge in [-0.3, -0.25) is 9.89 Å². The molecule has 1 rings (SSSR count). The summed E-state index contributed by atoms with van der Waals surface area (Å²) >= 11 is 0. The molecule has 0 aliphatic rings. The number of nitrogens with zero attached hydrogens (tertiary/aromatic N) is 1. The molecular weight excluding hydrogens is 296 g/mol. The van der Waals surface area contributed by atoms with E-state index in [1.807, 2.05) is 13.8 Å². The number of aromatic amines is 1. The van der Waals surface area contributed by atoms with Crippen molar-refractivity contribution < 1.29 is 17.9 Å². The minimum atomic E-state index is -4.03. The summed E-state index contributed by atoms with van der Waals surface area (Å²) in [5.74, 6) is -0.593. The highest BCUT2D eigenvalue weighted by molar-refractivity contribution is 7.89. The molecule has 0 bridgehead atoms. The number of sulfonamides is 1. The van der Waals surface area contributed by atoms with E-state index >= 15 is 0 Å². The number of hydrogen-bond donors (Lipinski definition) is 3. The number of aryl methyl sites for hydroxylation is 1. The largest absolute Gasteiger partial charge is 0.380 e. The van der Waals surface area contributed by atoms with Crippen LogP contribution in [0.4, 0.5) is 0 Å². The summed E-state index contributed by atoms with van der Waals surface area (Å²) < 4.78 is 28.6. The molecule has 0 saturated heterocycles. The lowest BCUT2D eigenvalue weighted by Gasteiger charge is -2.13. The topological polar surface area (TPSA) is 127 Å². The number of nitrogens with two attached hydrogens (primary N) is 1. The van der Waals surface area contributed by atoms with Crippen LogP contribution in [0.15, 0.2) is 4.90 Å². The SMILES string of the molecule is CCCc1[nH]nc(C(=O)NC(C)COCC)c1S(N)(=O)=O. The van der Waals surface area contributed by atoms with Crippen molar-refractivity contribution in [1.82, 2.24) is 15.5 Å². The van der Waals surface area contributed by atoms with E-state index in [1.165, 1.54) is 0 Å². The lowest BCUT2D eigenvalue weighted by molar-refractivity contribution is 0.0864. The van der Waals surface area contributed by atoms with Gasteiger partial charge in [-0.05, 0) is 20.3 Å². The fraction of sp³-hybridized carbons (Fsp3) is 0.667. The Kier molecular flexibility index (Phi) is 6.31. The van der Waals surface area contributed by atoms with E-state index in [1.54, 1.807) is 6.92 Å². The van der Waals surface area contributed by atoms with Crippen LogP contribution in [0, 0.1) is 0 Å². The first-order valence-electron chi connectivity index (χ1n) is 6.79. The number of hydrogen-bond acceptors (Lipinski definition) is 5. The van der Waals surface area contributed by atoms with E-state index in [9.17, 15) is 13.2 Å². The van der Waals surface area contributed by atoms with E-state index in [0.29, 0.717) is 31.7 Å². The molecule has 0 radical (unpaired) electrons. The van der Waals surface area contributed by atoms with Gasteiger partial charge in [-0.25, -0.2) is 13.6 Å². The zero-order chi connectivity index (χ0) is 16.0. The van der Waals surface area contributed by atoms with Crippen molar-refractivity contribution in [3.63, 3.8) is 0 Å². The van der Waals surface area contributed by atoms with Crippen molar-refractivity contribution in [2.24, 2.45) is 5.14 Å².